The van der Waals surface area contributed by atoms with Crippen molar-refractivity contribution in [2.75, 3.05) is 5.32 Å². The Kier molecular flexibility index (Phi) is 6.40. The van der Waals surface area contributed by atoms with E-state index < -0.39 is 30.2 Å². The monoisotopic (exact) mass is 419 g/mol. The van der Waals surface area contributed by atoms with Crippen LogP contribution in [0.4, 0.5) is 5.69 Å². The van der Waals surface area contributed by atoms with Gasteiger partial charge in [-0.2, -0.15) is 5.10 Å². The number of phenolic OH excluding ortho intramolecular Hbond substituents is 1. The molecule has 0 saturated heterocycles. The predicted octanol–water partition coefficient (Wildman–Crippen LogP) is 0.784. The maximum Gasteiger partial charge on any atom is 0.0645 e. The minimum absolute atomic E-state index is 0.00951. The molecule has 9 heteroatoms. The first-order valence-electron chi connectivity index (χ1n) is 7.50. The number of amides is 1. The SMILES string of the molecule is CC(=O)Nc1cccc([As](=O)(O)O)c1O.c1ccc(-n2cccn2)cc1. The van der Waals surface area contributed by atoms with Crippen LogP contribution in [-0.2, 0) is 8.53 Å². The summed E-state index contributed by atoms with van der Waals surface area (Å²) in [6.07, 6.45) is 3.70. The van der Waals surface area contributed by atoms with E-state index in [0.29, 0.717) is 0 Å². The van der Waals surface area contributed by atoms with Gasteiger partial charge in [0.15, 0.2) is 0 Å². The van der Waals surface area contributed by atoms with Crippen LogP contribution >= 0.6 is 0 Å². The fraction of sp³-hybridized carbons (Fsp3) is 0.0588. The molecule has 26 heavy (non-hydrogen) atoms. The number of para-hydroxylation sites is 2. The molecule has 0 bridgehead atoms. The van der Waals surface area contributed by atoms with Gasteiger partial charge in [-0.3, -0.25) is 0 Å². The number of hydrogen-bond donors (Lipinski definition) is 4. The van der Waals surface area contributed by atoms with E-state index in [-0.39, 0.29) is 5.69 Å². The Morgan fingerprint density at radius 3 is 2.31 bits per heavy atom. The van der Waals surface area contributed by atoms with Crippen molar-refractivity contribution in [3.8, 4) is 11.4 Å². The average molecular weight is 419 g/mol. The van der Waals surface area contributed by atoms with Gasteiger partial charge in [-0.25, -0.2) is 4.68 Å². The third-order valence-corrected chi connectivity index (χ3v) is 5.24. The number of rotatable bonds is 3. The van der Waals surface area contributed by atoms with E-state index in [2.05, 4.69) is 10.4 Å². The summed E-state index contributed by atoms with van der Waals surface area (Å²) in [4.78, 5) is 10.7. The van der Waals surface area contributed by atoms with Crippen LogP contribution in [0.2, 0.25) is 0 Å². The zero-order valence-corrected chi connectivity index (χ0v) is 15.7. The summed E-state index contributed by atoms with van der Waals surface area (Å²) >= 11 is -5.15. The van der Waals surface area contributed by atoms with Gasteiger partial charge in [-0.15, -0.1) is 0 Å². The minimum Gasteiger partial charge on any atom is -0.241 e. The van der Waals surface area contributed by atoms with Crippen molar-refractivity contribution >= 4 is 30.1 Å². The summed E-state index contributed by atoms with van der Waals surface area (Å²) in [5, 5.41) is 15.8. The van der Waals surface area contributed by atoms with Gasteiger partial charge in [0.1, 0.15) is 0 Å². The molecule has 0 aliphatic heterocycles. The summed E-state index contributed by atoms with van der Waals surface area (Å²) in [7, 11) is 0. The molecule has 3 rings (SSSR count). The van der Waals surface area contributed by atoms with Crippen molar-refractivity contribution in [2.24, 2.45) is 0 Å². The van der Waals surface area contributed by atoms with Crippen LogP contribution in [0, 0.1) is 0 Å². The third kappa shape index (κ3) is 5.35. The first-order valence-corrected chi connectivity index (χ1v) is 10.9. The van der Waals surface area contributed by atoms with Gasteiger partial charge in [0.2, 0.25) is 0 Å². The molecule has 2 aromatic carbocycles. The molecule has 0 fully saturated rings. The third-order valence-electron chi connectivity index (χ3n) is 3.16. The zero-order valence-electron chi connectivity index (χ0n) is 13.9. The summed E-state index contributed by atoms with van der Waals surface area (Å²) in [5.41, 5.74) is 1.09. The number of aromatic hydroxyl groups is 1. The molecule has 1 aromatic heterocycles. The summed E-state index contributed by atoms with van der Waals surface area (Å²) < 4.78 is 30.2. The number of phenols is 1. The fourth-order valence-electron chi connectivity index (χ4n) is 2.06. The maximum atomic E-state index is 11.0. The number of anilines is 1. The van der Waals surface area contributed by atoms with Gasteiger partial charge >= 0.3 is 88.1 Å². The van der Waals surface area contributed by atoms with Crippen molar-refractivity contribution in [1.82, 2.24) is 9.78 Å². The zero-order chi connectivity index (χ0) is 19.2. The number of nitrogens with zero attached hydrogens (tertiary/aromatic N) is 2. The van der Waals surface area contributed by atoms with Crippen molar-refractivity contribution in [3.05, 3.63) is 67.0 Å². The molecule has 1 amide bonds. The Labute approximate surface area is 152 Å². The van der Waals surface area contributed by atoms with E-state index in [1.807, 2.05) is 47.3 Å². The summed E-state index contributed by atoms with van der Waals surface area (Å²) in [6, 6.07) is 15.8. The first kappa shape index (κ1) is 19.5. The molecule has 4 N–H and O–H groups in total. The Hall–Kier alpha value is -2.80. The molecule has 8 nitrogen and oxygen atoms in total. The van der Waals surface area contributed by atoms with Gasteiger partial charge in [-0.1, -0.05) is 18.2 Å². The molecule has 0 unspecified atom stereocenters. The predicted molar refractivity (Wildman–Crippen MR) is 96.5 cm³/mol. The van der Waals surface area contributed by atoms with E-state index in [9.17, 15) is 13.6 Å². The molecule has 0 atom stereocenters. The second-order valence-corrected chi connectivity index (χ2v) is 8.48. The molecule has 0 saturated carbocycles. The van der Waals surface area contributed by atoms with Gasteiger partial charge in [0.05, 0.1) is 5.69 Å². The van der Waals surface area contributed by atoms with Crippen molar-refractivity contribution in [1.29, 1.82) is 0 Å². The smallest absolute Gasteiger partial charge is 0.0645 e. The summed E-state index contributed by atoms with van der Waals surface area (Å²) in [6.45, 7) is 1.23. The van der Waals surface area contributed by atoms with Gasteiger partial charge in [0, 0.05) is 12.4 Å². The van der Waals surface area contributed by atoms with E-state index in [1.54, 1.807) is 6.20 Å². The number of benzene rings is 2. The molecule has 0 radical (unpaired) electrons. The Morgan fingerprint density at radius 1 is 1.08 bits per heavy atom. The molecule has 0 aliphatic rings. The standard InChI is InChI=1S/C9H8N2.C8H10AsNO5/c1-2-5-9(6-3-1)11-8-4-7-10-11;1-5(11)10-7-4-2-3-6(8(7)12)9(13,14)15/h1-8H;2-4,12H,1H3,(H,10,11)(H2,13,14,15). The van der Waals surface area contributed by atoms with Crippen molar-refractivity contribution < 1.29 is 21.8 Å². The number of aromatic nitrogens is 2. The number of carbonyl (C=O) groups is 1. The van der Waals surface area contributed by atoms with Crippen LogP contribution < -0.4 is 9.67 Å². The fourth-order valence-corrected chi connectivity index (χ4v) is 3.48. The number of carbonyl (C=O) groups excluding carboxylic acids is 1. The average Bonchev–Trinajstić information content (AvgIpc) is 3.11. The van der Waals surface area contributed by atoms with E-state index >= 15 is 0 Å². The minimum atomic E-state index is -5.15. The largest absolute Gasteiger partial charge is 0.241 e. The van der Waals surface area contributed by atoms with Crippen LogP contribution in [0.1, 0.15) is 6.92 Å². The second-order valence-electron chi connectivity index (χ2n) is 5.18. The molecule has 3 aromatic rings. The number of hydrogen-bond acceptors (Lipinski definition) is 4. The topological polar surface area (TPSA) is 125 Å². The molecule has 1 heterocycles. The van der Waals surface area contributed by atoms with Gasteiger partial charge in [-0.05, 0) is 18.2 Å². The van der Waals surface area contributed by atoms with Gasteiger partial charge < -0.3 is 0 Å². The Balaban J connectivity index is 0.000000195. The first-order chi connectivity index (χ1) is 12.3. The second kappa shape index (κ2) is 8.53. The van der Waals surface area contributed by atoms with Crippen LogP contribution in [-0.4, -0.2) is 43.2 Å². The molecule has 0 aliphatic carbocycles. The van der Waals surface area contributed by atoms with E-state index in [1.165, 1.54) is 19.1 Å². The molecular weight excluding hydrogens is 401 g/mol. The normalized spacial score (nSPS) is 10.6. The maximum absolute atomic E-state index is 11.0. The van der Waals surface area contributed by atoms with Crippen molar-refractivity contribution in [2.45, 2.75) is 6.92 Å². The van der Waals surface area contributed by atoms with Gasteiger partial charge in [0.25, 0.3) is 0 Å². The molecular formula is C17H18AsN3O5. The van der Waals surface area contributed by atoms with Crippen LogP contribution in [0.5, 0.6) is 5.75 Å². The number of nitrogens with one attached hydrogen (secondary N) is 1. The molecule has 136 valence electrons. The van der Waals surface area contributed by atoms with E-state index in [4.69, 9.17) is 8.19 Å². The van der Waals surface area contributed by atoms with E-state index in [0.717, 1.165) is 11.8 Å². The Morgan fingerprint density at radius 2 is 1.77 bits per heavy atom. The van der Waals surface area contributed by atoms with Crippen LogP contribution in [0.25, 0.3) is 5.69 Å². The summed E-state index contributed by atoms with van der Waals surface area (Å²) in [5.74, 6) is -1.01. The quantitative estimate of drug-likeness (QED) is 0.368. The Bertz CT molecular complexity index is 907. The van der Waals surface area contributed by atoms with Crippen molar-refractivity contribution in [3.63, 3.8) is 0 Å². The van der Waals surface area contributed by atoms with Crippen LogP contribution in [0.3, 0.4) is 0 Å². The molecule has 0 spiro atoms. The van der Waals surface area contributed by atoms with Crippen LogP contribution in [0.15, 0.2) is 67.0 Å².